The third-order valence-corrected chi connectivity index (χ3v) is 2.17. The average molecular weight is 287 g/mol. The van der Waals surface area contributed by atoms with E-state index in [1.54, 1.807) is 0 Å². The molecule has 0 N–H and O–H groups in total. The van der Waals surface area contributed by atoms with Crippen molar-refractivity contribution >= 4 is 11.6 Å². The predicted octanol–water partition coefficient (Wildman–Crippen LogP) is 4.30. The molecule has 104 valence electrons. The third-order valence-electron chi connectivity index (χ3n) is 1.91. The standard InChI is InChI=1S/C9H13ClF6O/c10-5-3-1-2-4-6-17-7(8(11,12)13)9(14,15)16/h7H,1-6H2. The Bertz CT molecular complexity index is 189. The molecule has 0 rings (SSSR count). The molecule has 0 saturated heterocycles. The Morgan fingerprint density at radius 1 is 0.824 bits per heavy atom. The van der Waals surface area contributed by atoms with E-state index < -0.39 is 25.1 Å². The summed E-state index contributed by atoms with van der Waals surface area (Å²) in [5, 5.41) is 0. The van der Waals surface area contributed by atoms with Gasteiger partial charge in [-0.15, -0.1) is 11.6 Å². The van der Waals surface area contributed by atoms with Gasteiger partial charge < -0.3 is 4.74 Å². The van der Waals surface area contributed by atoms with Crippen LogP contribution in [0.3, 0.4) is 0 Å². The summed E-state index contributed by atoms with van der Waals surface area (Å²) in [6, 6.07) is 0. The van der Waals surface area contributed by atoms with Crippen molar-refractivity contribution in [2.24, 2.45) is 0 Å². The molecule has 0 unspecified atom stereocenters. The lowest BCUT2D eigenvalue weighted by Gasteiger charge is -2.23. The van der Waals surface area contributed by atoms with Crippen LogP contribution >= 0.6 is 11.6 Å². The maximum atomic E-state index is 12.0. The van der Waals surface area contributed by atoms with Crippen molar-refractivity contribution < 1.29 is 31.1 Å². The van der Waals surface area contributed by atoms with Crippen LogP contribution in [-0.4, -0.2) is 30.9 Å². The van der Waals surface area contributed by atoms with Crippen molar-refractivity contribution in [3.05, 3.63) is 0 Å². The highest BCUT2D eigenvalue weighted by molar-refractivity contribution is 6.17. The van der Waals surface area contributed by atoms with E-state index in [9.17, 15) is 26.3 Å². The number of halogens is 7. The summed E-state index contributed by atoms with van der Waals surface area (Å²) in [5.41, 5.74) is 0. The SMILES string of the molecule is FC(F)(F)C(OCCCCCCCl)C(F)(F)F. The normalized spacial score (nSPS) is 13.4. The minimum absolute atomic E-state index is 0.152. The average Bonchev–Trinajstić information content (AvgIpc) is 2.12. The second-order valence-corrected chi connectivity index (χ2v) is 3.82. The molecule has 8 heteroatoms. The van der Waals surface area contributed by atoms with E-state index in [2.05, 4.69) is 4.74 Å². The third kappa shape index (κ3) is 7.70. The van der Waals surface area contributed by atoms with Gasteiger partial charge in [0.15, 0.2) is 0 Å². The summed E-state index contributed by atoms with van der Waals surface area (Å²) in [6.45, 7) is -0.564. The molecule has 0 radical (unpaired) electrons. The highest BCUT2D eigenvalue weighted by Gasteiger charge is 2.57. The van der Waals surface area contributed by atoms with E-state index in [-0.39, 0.29) is 6.42 Å². The van der Waals surface area contributed by atoms with Gasteiger partial charge in [-0.05, 0) is 12.8 Å². The number of unbranched alkanes of at least 4 members (excludes halogenated alkanes) is 3. The molecule has 0 spiro atoms. The lowest BCUT2D eigenvalue weighted by Crippen LogP contribution is -2.44. The zero-order valence-corrected chi connectivity index (χ0v) is 9.63. The van der Waals surface area contributed by atoms with Gasteiger partial charge in [0.1, 0.15) is 0 Å². The van der Waals surface area contributed by atoms with Crippen molar-refractivity contribution in [3.8, 4) is 0 Å². The second kappa shape index (κ2) is 7.31. The number of hydrogen-bond donors (Lipinski definition) is 0. The topological polar surface area (TPSA) is 9.23 Å². The highest BCUT2D eigenvalue weighted by atomic mass is 35.5. The van der Waals surface area contributed by atoms with Gasteiger partial charge in [0.25, 0.3) is 0 Å². The molecule has 0 aliphatic rings. The van der Waals surface area contributed by atoms with E-state index in [1.165, 1.54) is 0 Å². The summed E-state index contributed by atoms with van der Waals surface area (Å²) < 4.78 is 75.8. The van der Waals surface area contributed by atoms with Gasteiger partial charge in [0.05, 0.1) is 0 Å². The lowest BCUT2D eigenvalue weighted by atomic mass is 10.2. The minimum Gasteiger partial charge on any atom is -0.361 e. The van der Waals surface area contributed by atoms with Crippen LogP contribution in [0.25, 0.3) is 0 Å². The predicted molar refractivity (Wildman–Crippen MR) is 51.0 cm³/mol. The van der Waals surface area contributed by atoms with Crippen molar-refractivity contribution in [2.75, 3.05) is 12.5 Å². The maximum Gasteiger partial charge on any atom is 0.423 e. The molecule has 0 heterocycles. The van der Waals surface area contributed by atoms with Gasteiger partial charge in [0, 0.05) is 12.5 Å². The van der Waals surface area contributed by atoms with Gasteiger partial charge in [0.2, 0.25) is 6.10 Å². The number of hydrogen-bond acceptors (Lipinski definition) is 1. The largest absolute Gasteiger partial charge is 0.423 e. The first-order valence-corrected chi connectivity index (χ1v) is 5.54. The Morgan fingerprint density at radius 3 is 1.71 bits per heavy atom. The summed E-state index contributed by atoms with van der Waals surface area (Å²) in [7, 11) is 0. The lowest BCUT2D eigenvalue weighted by molar-refractivity contribution is -0.321. The fraction of sp³-hybridized carbons (Fsp3) is 1.00. The minimum atomic E-state index is -5.42. The van der Waals surface area contributed by atoms with E-state index in [0.717, 1.165) is 0 Å². The fourth-order valence-electron chi connectivity index (χ4n) is 1.13. The number of rotatable bonds is 7. The van der Waals surface area contributed by atoms with Gasteiger partial charge in [-0.2, -0.15) is 26.3 Å². The number of ether oxygens (including phenoxy) is 1. The molecular formula is C9H13ClF6O. The molecular weight excluding hydrogens is 274 g/mol. The molecule has 0 aliphatic carbocycles. The van der Waals surface area contributed by atoms with Gasteiger partial charge in [-0.25, -0.2) is 0 Å². The summed E-state index contributed by atoms with van der Waals surface area (Å²) >= 11 is 5.36. The molecule has 0 saturated carbocycles. The van der Waals surface area contributed by atoms with Crippen molar-refractivity contribution in [3.63, 3.8) is 0 Å². The Balaban J connectivity index is 3.95. The Hall–Kier alpha value is -0.170. The zero-order valence-electron chi connectivity index (χ0n) is 8.87. The first-order valence-electron chi connectivity index (χ1n) is 5.00. The van der Waals surface area contributed by atoms with Crippen LogP contribution in [-0.2, 0) is 4.74 Å². The van der Waals surface area contributed by atoms with Crippen LogP contribution in [0, 0.1) is 0 Å². The van der Waals surface area contributed by atoms with Gasteiger partial charge >= 0.3 is 12.4 Å². The highest BCUT2D eigenvalue weighted by Crippen LogP contribution is 2.35. The van der Waals surface area contributed by atoms with Gasteiger partial charge in [-0.1, -0.05) is 12.8 Å². The molecule has 0 aromatic rings. The molecule has 0 aromatic heterocycles. The Kier molecular flexibility index (Phi) is 7.23. The summed E-state index contributed by atoms with van der Waals surface area (Å²) in [6.07, 6.45) is -12.5. The Morgan fingerprint density at radius 2 is 1.29 bits per heavy atom. The summed E-state index contributed by atoms with van der Waals surface area (Å²) in [4.78, 5) is 0. The first-order chi connectivity index (χ1) is 7.69. The van der Waals surface area contributed by atoms with Crippen molar-refractivity contribution in [1.82, 2.24) is 0 Å². The molecule has 0 aliphatic heterocycles. The monoisotopic (exact) mass is 286 g/mol. The number of alkyl halides is 7. The fourth-order valence-corrected chi connectivity index (χ4v) is 1.31. The van der Waals surface area contributed by atoms with E-state index in [4.69, 9.17) is 11.6 Å². The van der Waals surface area contributed by atoms with E-state index in [0.29, 0.717) is 25.1 Å². The Labute approximate surface area is 100 Å². The second-order valence-electron chi connectivity index (χ2n) is 3.44. The first kappa shape index (κ1) is 16.8. The summed E-state index contributed by atoms with van der Waals surface area (Å²) in [5.74, 6) is 0.425. The molecule has 0 atom stereocenters. The van der Waals surface area contributed by atoms with E-state index >= 15 is 0 Å². The molecule has 0 bridgehead atoms. The van der Waals surface area contributed by atoms with Crippen LogP contribution in [0.4, 0.5) is 26.3 Å². The molecule has 17 heavy (non-hydrogen) atoms. The zero-order chi connectivity index (χ0) is 13.5. The van der Waals surface area contributed by atoms with Crippen LogP contribution < -0.4 is 0 Å². The van der Waals surface area contributed by atoms with Gasteiger partial charge in [-0.3, -0.25) is 0 Å². The molecule has 0 aromatic carbocycles. The van der Waals surface area contributed by atoms with E-state index in [1.807, 2.05) is 0 Å². The molecule has 0 amide bonds. The van der Waals surface area contributed by atoms with Crippen LogP contribution in [0.5, 0.6) is 0 Å². The molecule has 0 fully saturated rings. The molecule has 1 nitrogen and oxygen atoms in total. The van der Waals surface area contributed by atoms with Crippen LogP contribution in [0.15, 0.2) is 0 Å². The smallest absolute Gasteiger partial charge is 0.361 e. The quantitative estimate of drug-likeness (QED) is 0.385. The maximum absolute atomic E-state index is 12.0. The van der Waals surface area contributed by atoms with Crippen molar-refractivity contribution in [1.29, 1.82) is 0 Å². The van der Waals surface area contributed by atoms with Crippen molar-refractivity contribution in [2.45, 2.75) is 44.1 Å². The van der Waals surface area contributed by atoms with Crippen LogP contribution in [0.2, 0.25) is 0 Å². The van der Waals surface area contributed by atoms with Crippen LogP contribution in [0.1, 0.15) is 25.7 Å².